The smallest absolute Gasteiger partial charge is 0.0225 e. The van der Waals surface area contributed by atoms with Crippen LogP contribution in [0.25, 0.3) is 0 Å². The van der Waals surface area contributed by atoms with E-state index in [2.05, 4.69) is 26.5 Å². The van der Waals surface area contributed by atoms with Crippen molar-refractivity contribution in [3.8, 4) is 0 Å². The Morgan fingerprint density at radius 2 is 2.50 bits per heavy atom. The molecule has 0 nitrogen and oxygen atoms in total. The van der Waals surface area contributed by atoms with Gasteiger partial charge in [0.15, 0.2) is 0 Å². The molecule has 0 aromatic heterocycles. The zero-order valence-corrected chi connectivity index (χ0v) is 6.93. The summed E-state index contributed by atoms with van der Waals surface area (Å²) in [7, 11) is 0. The highest BCUT2D eigenvalue weighted by Crippen LogP contribution is 2.32. The molecule has 0 bridgehead atoms. The predicted octanol–water partition coefficient (Wildman–Crippen LogP) is 3.16. The number of hydrogen-bond donors (Lipinski definition) is 0. The van der Waals surface area contributed by atoms with E-state index in [1.165, 1.54) is 12.8 Å². The van der Waals surface area contributed by atoms with E-state index in [4.69, 9.17) is 0 Å². The van der Waals surface area contributed by atoms with Crippen LogP contribution >= 0.6 is 0 Å². The molecule has 0 aromatic rings. The third-order valence-electron chi connectivity index (χ3n) is 2.34. The molecule has 0 radical (unpaired) electrons. The van der Waals surface area contributed by atoms with Gasteiger partial charge in [-0.25, -0.2) is 0 Å². The normalized spacial score (nSPS) is 32.0. The molecule has 1 rings (SSSR count). The summed E-state index contributed by atoms with van der Waals surface area (Å²) in [5.41, 5.74) is 1.55. The number of hydrogen-bond acceptors (Lipinski definition) is 0. The minimum absolute atomic E-state index is 0.776. The first kappa shape index (κ1) is 7.59. The fourth-order valence-electron chi connectivity index (χ4n) is 1.76. The number of rotatable bonds is 2. The van der Waals surface area contributed by atoms with Gasteiger partial charge < -0.3 is 0 Å². The van der Waals surface area contributed by atoms with Crippen LogP contribution in [0.4, 0.5) is 0 Å². The van der Waals surface area contributed by atoms with Gasteiger partial charge in [0.25, 0.3) is 0 Å². The summed E-state index contributed by atoms with van der Waals surface area (Å²) >= 11 is 0. The van der Waals surface area contributed by atoms with E-state index < -0.39 is 0 Å². The monoisotopic (exact) mass is 136 g/mol. The topological polar surface area (TPSA) is 0 Å². The molecule has 0 aromatic carbocycles. The van der Waals surface area contributed by atoms with Crippen LogP contribution < -0.4 is 0 Å². The molecule has 0 saturated carbocycles. The molecule has 0 saturated heterocycles. The quantitative estimate of drug-likeness (QED) is 0.511. The molecule has 0 aliphatic heterocycles. The zero-order chi connectivity index (χ0) is 7.56. The molecule has 2 unspecified atom stereocenters. The van der Waals surface area contributed by atoms with Gasteiger partial charge in [-0.05, 0) is 31.6 Å². The van der Waals surface area contributed by atoms with Crippen molar-refractivity contribution in [2.45, 2.75) is 26.7 Å². The largest absolute Gasteiger partial charge is 0.103 e. The fraction of sp³-hybridized carbons (Fsp3) is 0.600. The maximum absolute atomic E-state index is 3.76. The van der Waals surface area contributed by atoms with Crippen LogP contribution in [0.15, 0.2) is 24.3 Å². The molecule has 0 N–H and O–H groups in total. The average Bonchev–Trinajstić information content (AvgIpc) is 2.13. The summed E-state index contributed by atoms with van der Waals surface area (Å²) in [5, 5.41) is 0. The molecule has 2 atom stereocenters. The Hall–Kier alpha value is -0.520. The second-order valence-electron chi connectivity index (χ2n) is 3.36. The van der Waals surface area contributed by atoms with Crippen molar-refractivity contribution in [1.29, 1.82) is 0 Å². The van der Waals surface area contributed by atoms with E-state index in [9.17, 15) is 0 Å². The maximum Gasteiger partial charge on any atom is -0.0225 e. The minimum atomic E-state index is 0.776. The van der Waals surface area contributed by atoms with Gasteiger partial charge in [0.1, 0.15) is 0 Å². The lowest BCUT2D eigenvalue weighted by Crippen LogP contribution is -2.01. The lowest BCUT2D eigenvalue weighted by Gasteiger charge is -2.11. The second kappa shape index (κ2) is 3.05. The summed E-state index contributed by atoms with van der Waals surface area (Å²) in [6, 6.07) is 0. The minimum Gasteiger partial charge on any atom is -0.103 e. The highest BCUT2D eigenvalue weighted by atomic mass is 14.2. The van der Waals surface area contributed by atoms with Crippen molar-refractivity contribution in [2.24, 2.45) is 11.8 Å². The first-order valence-electron chi connectivity index (χ1n) is 4.02. The SMILES string of the molecule is C=CCC1CC(C)=CC1C. The van der Waals surface area contributed by atoms with Crippen molar-refractivity contribution >= 4 is 0 Å². The summed E-state index contributed by atoms with van der Waals surface area (Å²) in [5.74, 6) is 1.62. The van der Waals surface area contributed by atoms with Gasteiger partial charge in [-0.1, -0.05) is 24.6 Å². The van der Waals surface area contributed by atoms with Gasteiger partial charge in [-0.15, -0.1) is 6.58 Å². The lowest BCUT2D eigenvalue weighted by molar-refractivity contribution is 0.455. The van der Waals surface area contributed by atoms with Gasteiger partial charge >= 0.3 is 0 Å². The van der Waals surface area contributed by atoms with Crippen LogP contribution in [0.3, 0.4) is 0 Å². The summed E-state index contributed by atoms with van der Waals surface area (Å²) in [6.07, 6.45) is 6.88. The predicted molar refractivity (Wildman–Crippen MR) is 45.8 cm³/mol. The van der Waals surface area contributed by atoms with E-state index >= 15 is 0 Å². The molecular weight excluding hydrogens is 120 g/mol. The van der Waals surface area contributed by atoms with Crippen LogP contribution in [0.5, 0.6) is 0 Å². The Kier molecular flexibility index (Phi) is 2.31. The third-order valence-corrected chi connectivity index (χ3v) is 2.34. The third kappa shape index (κ3) is 1.50. The Bertz CT molecular complexity index is 153. The van der Waals surface area contributed by atoms with Crippen molar-refractivity contribution in [3.63, 3.8) is 0 Å². The molecule has 1 aliphatic carbocycles. The molecule has 0 amide bonds. The van der Waals surface area contributed by atoms with E-state index in [1.807, 2.05) is 6.08 Å². The molecule has 1 aliphatic rings. The van der Waals surface area contributed by atoms with Crippen LogP contribution in [0, 0.1) is 11.8 Å². The number of allylic oxidation sites excluding steroid dienone is 3. The highest BCUT2D eigenvalue weighted by molar-refractivity contribution is 5.10. The Morgan fingerprint density at radius 3 is 2.90 bits per heavy atom. The Morgan fingerprint density at radius 1 is 1.80 bits per heavy atom. The van der Waals surface area contributed by atoms with E-state index in [0.717, 1.165) is 11.8 Å². The van der Waals surface area contributed by atoms with Crippen LogP contribution in [-0.4, -0.2) is 0 Å². The van der Waals surface area contributed by atoms with Crippen LogP contribution in [0.2, 0.25) is 0 Å². The van der Waals surface area contributed by atoms with Gasteiger partial charge in [0, 0.05) is 0 Å². The molecular formula is C10H16. The first-order chi connectivity index (χ1) is 4.74. The van der Waals surface area contributed by atoms with Crippen molar-refractivity contribution in [2.75, 3.05) is 0 Å². The Balaban J connectivity index is 2.46. The first-order valence-corrected chi connectivity index (χ1v) is 4.02. The molecule has 10 heavy (non-hydrogen) atoms. The van der Waals surface area contributed by atoms with E-state index in [1.54, 1.807) is 5.57 Å². The van der Waals surface area contributed by atoms with E-state index in [-0.39, 0.29) is 0 Å². The van der Waals surface area contributed by atoms with Crippen molar-refractivity contribution in [3.05, 3.63) is 24.3 Å². The van der Waals surface area contributed by atoms with Crippen molar-refractivity contribution < 1.29 is 0 Å². The van der Waals surface area contributed by atoms with Crippen LogP contribution in [-0.2, 0) is 0 Å². The average molecular weight is 136 g/mol. The maximum atomic E-state index is 3.76. The Labute approximate surface area is 63.6 Å². The molecule has 0 spiro atoms. The van der Waals surface area contributed by atoms with Gasteiger partial charge in [0.05, 0.1) is 0 Å². The molecule has 56 valence electrons. The standard InChI is InChI=1S/C10H16/c1-4-5-10-7-8(2)6-9(10)3/h4,6,9-10H,1,5,7H2,2-3H3. The summed E-state index contributed by atoms with van der Waals surface area (Å²) < 4.78 is 0. The van der Waals surface area contributed by atoms with Gasteiger partial charge in [-0.2, -0.15) is 0 Å². The molecule has 0 heteroatoms. The van der Waals surface area contributed by atoms with Gasteiger partial charge in [0.2, 0.25) is 0 Å². The summed E-state index contributed by atoms with van der Waals surface area (Å²) in [4.78, 5) is 0. The molecule has 0 fully saturated rings. The lowest BCUT2D eigenvalue weighted by atomic mass is 9.94. The van der Waals surface area contributed by atoms with E-state index in [0.29, 0.717) is 0 Å². The van der Waals surface area contributed by atoms with Crippen LogP contribution in [0.1, 0.15) is 26.7 Å². The molecule has 0 heterocycles. The fourth-order valence-corrected chi connectivity index (χ4v) is 1.76. The zero-order valence-electron chi connectivity index (χ0n) is 6.93. The highest BCUT2D eigenvalue weighted by Gasteiger charge is 2.19. The second-order valence-corrected chi connectivity index (χ2v) is 3.36. The van der Waals surface area contributed by atoms with Gasteiger partial charge in [-0.3, -0.25) is 0 Å². The van der Waals surface area contributed by atoms with Crippen molar-refractivity contribution in [1.82, 2.24) is 0 Å². The summed E-state index contributed by atoms with van der Waals surface area (Å²) in [6.45, 7) is 8.28.